The van der Waals surface area contributed by atoms with Crippen molar-refractivity contribution in [3.63, 3.8) is 0 Å². The SMILES string of the molecule is CC.CCC1CCc2c(cc(OCc3ccccc3)c3nc4ccccc4nc23)C1CC. The van der Waals surface area contributed by atoms with Crippen molar-refractivity contribution in [2.75, 3.05) is 0 Å². The van der Waals surface area contributed by atoms with Gasteiger partial charge in [-0.05, 0) is 66.0 Å². The molecule has 1 heterocycles. The van der Waals surface area contributed by atoms with Crippen molar-refractivity contribution < 1.29 is 4.74 Å². The Hall–Kier alpha value is -2.94. The first-order valence-corrected chi connectivity index (χ1v) is 12.2. The van der Waals surface area contributed by atoms with Gasteiger partial charge in [0.2, 0.25) is 0 Å². The Kier molecular flexibility index (Phi) is 7.04. The highest BCUT2D eigenvalue weighted by Gasteiger charge is 2.30. The van der Waals surface area contributed by atoms with Gasteiger partial charge in [-0.2, -0.15) is 0 Å². The minimum absolute atomic E-state index is 0.539. The maximum Gasteiger partial charge on any atom is 0.147 e. The summed E-state index contributed by atoms with van der Waals surface area (Å²) >= 11 is 0. The Morgan fingerprint density at radius 2 is 1.50 bits per heavy atom. The summed E-state index contributed by atoms with van der Waals surface area (Å²) in [7, 11) is 0. The molecule has 3 nitrogen and oxygen atoms in total. The summed E-state index contributed by atoms with van der Waals surface area (Å²) in [6.45, 7) is 9.17. The van der Waals surface area contributed by atoms with Gasteiger partial charge in [-0.1, -0.05) is 76.6 Å². The average molecular weight is 427 g/mol. The van der Waals surface area contributed by atoms with E-state index in [0.29, 0.717) is 12.5 Å². The predicted molar refractivity (Wildman–Crippen MR) is 134 cm³/mol. The molecular weight excluding hydrogens is 392 g/mol. The molecule has 1 aliphatic carbocycles. The third-order valence-electron chi connectivity index (χ3n) is 6.66. The van der Waals surface area contributed by atoms with E-state index in [4.69, 9.17) is 14.7 Å². The number of nitrogens with zero attached hydrogens (tertiary/aromatic N) is 2. The number of aromatic nitrogens is 2. The third-order valence-corrected chi connectivity index (χ3v) is 6.66. The van der Waals surface area contributed by atoms with Crippen molar-refractivity contribution >= 4 is 22.1 Å². The normalized spacial score (nSPS) is 17.5. The molecule has 0 spiro atoms. The van der Waals surface area contributed by atoms with Gasteiger partial charge in [0.25, 0.3) is 0 Å². The monoisotopic (exact) mass is 426 g/mol. The zero-order chi connectivity index (χ0) is 22.5. The first kappa shape index (κ1) is 22.3. The minimum Gasteiger partial charge on any atom is -0.487 e. The van der Waals surface area contributed by atoms with E-state index in [1.807, 2.05) is 38.1 Å². The maximum absolute atomic E-state index is 6.38. The van der Waals surface area contributed by atoms with Crippen molar-refractivity contribution in [1.29, 1.82) is 0 Å². The van der Waals surface area contributed by atoms with Crippen LogP contribution in [0.3, 0.4) is 0 Å². The van der Waals surface area contributed by atoms with Crippen molar-refractivity contribution in [2.24, 2.45) is 5.92 Å². The summed E-state index contributed by atoms with van der Waals surface area (Å²) in [5.41, 5.74) is 7.77. The lowest BCUT2D eigenvalue weighted by atomic mass is 9.72. The lowest BCUT2D eigenvalue weighted by Gasteiger charge is -2.33. The molecule has 1 aliphatic rings. The van der Waals surface area contributed by atoms with Crippen LogP contribution in [0.4, 0.5) is 0 Å². The van der Waals surface area contributed by atoms with Gasteiger partial charge in [0.15, 0.2) is 0 Å². The topological polar surface area (TPSA) is 35.0 Å². The second-order valence-corrected chi connectivity index (χ2v) is 8.35. The molecular formula is C29H34N2O. The first-order chi connectivity index (χ1) is 15.8. The molecule has 0 saturated heterocycles. The number of ether oxygens (including phenoxy) is 1. The Labute approximate surface area is 191 Å². The maximum atomic E-state index is 6.38. The molecule has 0 bridgehead atoms. The zero-order valence-electron chi connectivity index (χ0n) is 19.8. The molecule has 32 heavy (non-hydrogen) atoms. The molecule has 2 unspecified atom stereocenters. The van der Waals surface area contributed by atoms with Crippen LogP contribution in [-0.2, 0) is 13.0 Å². The largest absolute Gasteiger partial charge is 0.487 e. The summed E-state index contributed by atoms with van der Waals surface area (Å²) < 4.78 is 6.38. The summed E-state index contributed by atoms with van der Waals surface area (Å²) in [4.78, 5) is 10.1. The number of fused-ring (bicyclic) bond motifs is 4. The van der Waals surface area contributed by atoms with Gasteiger partial charge < -0.3 is 4.74 Å². The van der Waals surface area contributed by atoms with E-state index in [9.17, 15) is 0 Å². The molecule has 3 heteroatoms. The standard InChI is InChI=1S/C27H28N2O.C2H6/c1-3-19-14-15-21-22(20(19)4-2)16-25(30-17-18-10-6-5-7-11-18)27-26(21)28-23-12-8-9-13-24(23)29-27;1-2/h5-13,16,19-20H,3-4,14-15,17H2,1-2H3;1-2H3. The number of rotatable bonds is 5. The summed E-state index contributed by atoms with van der Waals surface area (Å²) in [6, 6.07) is 20.8. The van der Waals surface area contributed by atoms with E-state index in [0.717, 1.165) is 52.1 Å². The molecule has 0 radical (unpaired) electrons. The molecule has 0 aliphatic heterocycles. The molecule has 3 aromatic carbocycles. The van der Waals surface area contributed by atoms with Gasteiger partial charge in [-0.3, -0.25) is 0 Å². The van der Waals surface area contributed by atoms with Crippen LogP contribution in [0, 0.1) is 5.92 Å². The number of benzene rings is 3. The molecule has 0 saturated carbocycles. The van der Waals surface area contributed by atoms with E-state index < -0.39 is 0 Å². The predicted octanol–water partition coefficient (Wildman–Crippen LogP) is 7.85. The minimum atomic E-state index is 0.539. The Morgan fingerprint density at radius 1 is 0.844 bits per heavy atom. The fourth-order valence-electron chi connectivity index (χ4n) is 5.08. The first-order valence-electron chi connectivity index (χ1n) is 12.2. The van der Waals surface area contributed by atoms with Gasteiger partial charge in [-0.15, -0.1) is 0 Å². The molecule has 166 valence electrons. The Morgan fingerprint density at radius 3 is 2.16 bits per heavy atom. The average Bonchev–Trinajstić information content (AvgIpc) is 2.87. The molecule has 1 aromatic heterocycles. The zero-order valence-corrected chi connectivity index (χ0v) is 19.8. The Balaban J connectivity index is 0.00000119. The van der Waals surface area contributed by atoms with E-state index >= 15 is 0 Å². The van der Waals surface area contributed by atoms with Crippen LogP contribution in [-0.4, -0.2) is 9.97 Å². The van der Waals surface area contributed by atoms with Crippen LogP contribution < -0.4 is 4.74 Å². The number of para-hydroxylation sites is 2. The summed E-state index contributed by atoms with van der Waals surface area (Å²) in [6.07, 6.45) is 4.68. The van der Waals surface area contributed by atoms with Crippen LogP contribution in [0.2, 0.25) is 0 Å². The molecule has 0 fully saturated rings. The van der Waals surface area contributed by atoms with Crippen molar-refractivity contribution in [1.82, 2.24) is 9.97 Å². The lowest BCUT2D eigenvalue weighted by molar-refractivity contribution is 0.306. The highest BCUT2D eigenvalue weighted by atomic mass is 16.5. The highest BCUT2D eigenvalue weighted by molar-refractivity contribution is 5.92. The molecule has 4 aromatic rings. The van der Waals surface area contributed by atoms with Crippen LogP contribution in [0.15, 0.2) is 60.7 Å². The number of aryl methyl sites for hydroxylation is 1. The molecule has 5 rings (SSSR count). The number of hydrogen-bond acceptors (Lipinski definition) is 3. The van der Waals surface area contributed by atoms with Crippen LogP contribution in [0.25, 0.3) is 22.1 Å². The van der Waals surface area contributed by atoms with Crippen LogP contribution in [0.5, 0.6) is 5.75 Å². The smallest absolute Gasteiger partial charge is 0.147 e. The third kappa shape index (κ3) is 4.21. The van der Waals surface area contributed by atoms with Crippen molar-refractivity contribution in [2.45, 2.75) is 65.9 Å². The van der Waals surface area contributed by atoms with Crippen molar-refractivity contribution in [3.05, 3.63) is 77.4 Å². The summed E-state index contributed by atoms with van der Waals surface area (Å²) in [5.74, 6) is 2.16. The second kappa shape index (κ2) is 10.1. The number of hydrogen-bond donors (Lipinski definition) is 0. The molecule has 0 N–H and O–H groups in total. The Bertz CT molecular complexity index is 1190. The van der Waals surface area contributed by atoms with E-state index in [-0.39, 0.29) is 0 Å². The quantitative estimate of drug-likeness (QED) is 0.305. The van der Waals surface area contributed by atoms with E-state index in [1.165, 1.54) is 24.0 Å². The van der Waals surface area contributed by atoms with E-state index in [2.05, 4.69) is 50.2 Å². The van der Waals surface area contributed by atoms with Crippen LogP contribution in [0.1, 0.15) is 69.6 Å². The van der Waals surface area contributed by atoms with Crippen molar-refractivity contribution in [3.8, 4) is 5.75 Å². The fraction of sp³-hybridized carbons (Fsp3) is 0.379. The highest BCUT2D eigenvalue weighted by Crippen LogP contribution is 2.44. The van der Waals surface area contributed by atoms with Gasteiger partial charge in [0, 0.05) is 0 Å². The van der Waals surface area contributed by atoms with Crippen LogP contribution >= 0.6 is 0 Å². The molecule has 2 atom stereocenters. The van der Waals surface area contributed by atoms with Gasteiger partial charge >= 0.3 is 0 Å². The summed E-state index contributed by atoms with van der Waals surface area (Å²) in [5, 5.41) is 0. The molecule has 0 amide bonds. The fourth-order valence-corrected chi connectivity index (χ4v) is 5.08. The lowest BCUT2D eigenvalue weighted by Crippen LogP contribution is -2.21. The van der Waals surface area contributed by atoms with Gasteiger partial charge in [0.05, 0.1) is 16.6 Å². The second-order valence-electron chi connectivity index (χ2n) is 8.35. The van der Waals surface area contributed by atoms with Gasteiger partial charge in [-0.25, -0.2) is 9.97 Å². The van der Waals surface area contributed by atoms with E-state index in [1.54, 1.807) is 0 Å². The van der Waals surface area contributed by atoms with Gasteiger partial charge in [0.1, 0.15) is 17.9 Å².